The number of amides is 3. The van der Waals surface area contributed by atoms with Gasteiger partial charge in [0.2, 0.25) is 11.8 Å². The summed E-state index contributed by atoms with van der Waals surface area (Å²) in [5, 5.41) is 5.22. The van der Waals surface area contributed by atoms with E-state index in [4.69, 9.17) is 5.73 Å². The van der Waals surface area contributed by atoms with Crippen molar-refractivity contribution in [3.05, 3.63) is 29.3 Å². The Balaban J connectivity index is 2.20. The van der Waals surface area contributed by atoms with Gasteiger partial charge in [-0.2, -0.15) is 0 Å². The number of benzene rings is 1. The molecule has 0 aromatic heterocycles. The molecule has 100 valence electrons. The van der Waals surface area contributed by atoms with Gasteiger partial charge < -0.3 is 16.4 Å². The summed E-state index contributed by atoms with van der Waals surface area (Å²) >= 11 is 0. The van der Waals surface area contributed by atoms with Crippen LogP contribution in [0.25, 0.3) is 0 Å². The normalized spacial score (nSPS) is 13.7. The van der Waals surface area contributed by atoms with Crippen LogP contribution < -0.4 is 16.4 Å². The maximum Gasteiger partial charge on any atom is 0.252 e. The van der Waals surface area contributed by atoms with Gasteiger partial charge in [-0.3, -0.25) is 14.4 Å². The first-order valence-corrected chi connectivity index (χ1v) is 5.85. The van der Waals surface area contributed by atoms with Crippen molar-refractivity contribution in [2.24, 2.45) is 5.73 Å². The molecular formula is C13H15N3O3. The van der Waals surface area contributed by atoms with Gasteiger partial charge in [0.15, 0.2) is 0 Å². The van der Waals surface area contributed by atoms with E-state index in [1.807, 2.05) is 0 Å². The molecular weight excluding hydrogens is 246 g/mol. The second-order valence-electron chi connectivity index (χ2n) is 5.04. The molecule has 19 heavy (non-hydrogen) atoms. The number of primary amides is 1. The lowest BCUT2D eigenvalue weighted by atomic mass is 10.0. The van der Waals surface area contributed by atoms with Crippen molar-refractivity contribution in [1.82, 2.24) is 5.32 Å². The van der Waals surface area contributed by atoms with Gasteiger partial charge in [-0.25, -0.2) is 0 Å². The van der Waals surface area contributed by atoms with Crippen LogP contribution >= 0.6 is 0 Å². The minimum absolute atomic E-state index is 0.0926. The number of carbonyl (C=O) groups excluding carboxylic acids is 3. The highest BCUT2D eigenvalue weighted by Crippen LogP contribution is 2.24. The van der Waals surface area contributed by atoms with Crippen molar-refractivity contribution in [3.8, 4) is 0 Å². The molecule has 0 unspecified atom stereocenters. The van der Waals surface area contributed by atoms with Crippen LogP contribution in [-0.4, -0.2) is 23.3 Å². The predicted molar refractivity (Wildman–Crippen MR) is 69.5 cm³/mol. The zero-order chi connectivity index (χ0) is 14.2. The van der Waals surface area contributed by atoms with Crippen molar-refractivity contribution in [2.45, 2.75) is 25.8 Å². The Kier molecular flexibility index (Phi) is 3.01. The second-order valence-corrected chi connectivity index (χ2v) is 5.04. The quantitative estimate of drug-likeness (QED) is 0.723. The number of nitrogens with one attached hydrogen (secondary N) is 2. The Hall–Kier alpha value is -2.37. The smallest absolute Gasteiger partial charge is 0.252 e. The van der Waals surface area contributed by atoms with Crippen LogP contribution in [0.1, 0.15) is 29.8 Å². The third-order valence-corrected chi connectivity index (χ3v) is 3.04. The molecule has 0 bridgehead atoms. The molecule has 0 aliphatic carbocycles. The lowest BCUT2D eigenvalue weighted by Gasteiger charge is -2.22. The van der Waals surface area contributed by atoms with Crippen LogP contribution in [0.3, 0.4) is 0 Å². The zero-order valence-corrected chi connectivity index (χ0v) is 10.7. The van der Waals surface area contributed by atoms with Gasteiger partial charge in [0, 0.05) is 11.3 Å². The van der Waals surface area contributed by atoms with Gasteiger partial charge in [0.05, 0.1) is 6.42 Å². The average Bonchev–Trinajstić information content (AvgIpc) is 2.66. The Morgan fingerprint density at radius 3 is 2.68 bits per heavy atom. The van der Waals surface area contributed by atoms with E-state index in [1.54, 1.807) is 18.2 Å². The van der Waals surface area contributed by atoms with Crippen LogP contribution in [0.5, 0.6) is 0 Å². The number of nitrogens with two attached hydrogens (primary N) is 1. The molecule has 1 aliphatic rings. The summed E-state index contributed by atoms with van der Waals surface area (Å²) in [5.41, 5.74) is 5.93. The number of anilines is 1. The summed E-state index contributed by atoms with van der Waals surface area (Å²) in [6.07, 6.45) is 0.323. The summed E-state index contributed by atoms with van der Waals surface area (Å²) in [7, 11) is 0. The van der Waals surface area contributed by atoms with Crippen LogP contribution in [0.2, 0.25) is 0 Å². The molecule has 1 aliphatic heterocycles. The van der Waals surface area contributed by atoms with Crippen molar-refractivity contribution >= 4 is 23.4 Å². The molecule has 0 atom stereocenters. The molecule has 0 spiro atoms. The molecule has 3 amide bonds. The molecule has 4 N–H and O–H groups in total. The van der Waals surface area contributed by atoms with Gasteiger partial charge >= 0.3 is 0 Å². The second kappa shape index (κ2) is 4.38. The van der Waals surface area contributed by atoms with E-state index < -0.39 is 17.4 Å². The average molecular weight is 261 g/mol. The molecule has 0 fully saturated rings. The molecule has 6 nitrogen and oxygen atoms in total. The van der Waals surface area contributed by atoms with Crippen molar-refractivity contribution in [3.63, 3.8) is 0 Å². The SMILES string of the molecule is CC(C)(NC(=O)c1ccc2c(c1)NC(=O)C2)C(N)=O. The Morgan fingerprint density at radius 1 is 1.37 bits per heavy atom. The Morgan fingerprint density at radius 2 is 2.05 bits per heavy atom. The zero-order valence-electron chi connectivity index (χ0n) is 10.7. The van der Waals surface area contributed by atoms with Crippen LogP contribution in [-0.2, 0) is 16.0 Å². The monoisotopic (exact) mass is 261 g/mol. The molecule has 0 saturated carbocycles. The highest BCUT2D eigenvalue weighted by molar-refractivity contribution is 6.03. The lowest BCUT2D eigenvalue weighted by Crippen LogP contribution is -2.53. The summed E-state index contributed by atoms with van der Waals surface area (Å²) < 4.78 is 0. The lowest BCUT2D eigenvalue weighted by molar-refractivity contribution is -0.122. The highest BCUT2D eigenvalue weighted by Gasteiger charge is 2.28. The first kappa shape index (κ1) is 13.1. The molecule has 0 radical (unpaired) electrons. The first-order chi connectivity index (χ1) is 8.79. The maximum atomic E-state index is 12.0. The number of fused-ring (bicyclic) bond motifs is 1. The maximum absolute atomic E-state index is 12.0. The van der Waals surface area contributed by atoms with Gasteiger partial charge in [0.1, 0.15) is 5.54 Å². The third-order valence-electron chi connectivity index (χ3n) is 3.04. The van der Waals surface area contributed by atoms with Crippen LogP contribution in [0, 0.1) is 0 Å². The molecule has 6 heteroatoms. The van der Waals surface area contributed by atoms with Crippen molar-refractivity contribution in [1.29, 1.82) is 0 Å². The van der Waals surface area contributed by atoms with E-state index in [0.29, 0.717) is 17.7 Å². The van der Waals surface area contributed by atoms with Crippen LogP contribution in [0.15, 0.2) is 18.2 Å². The minimum atomic E-state index is -1.13. The van der Waals surface area contributed by atoms with E-state index in [0.717, 1.165) is 5.56 Å². The fourth-order valence-corrected chi connectivity index (χ4v) is 1.77. The fraction of sp³-hybridized carbons (Fsp3) is 0.308. The fourth-order valence-electron chi connectivity index (χ4n) is 1.77. The van der Waals surface area contributed by atoms with Gasteiger partial charge in [-0.1, -0.05) is 6.07 Å². The number of rotatable bonds is 3. The van der Waals surface area contributed by atoms with Gasteiger partial charge in [-0.05, 0) is 31.5 Å². The Labute approximate surface area is 110 Å². The van der Waals surface area contributed by atoms with Crippen molar-refractivity contribution in [2.75, 3.05) is 5.32 Å². The predicted octanol–water partition coefficient (Wildman–Crippen LogP) is 0.175. The summed E-state index contributed by atoms with van der Waals surface area (Å²) in [5.74, 6) is -1.12. The molecule has 1 aromatic carbocycles. The first-order valence-electron chi connectivity index (χ1n) is 5.85. The Bertz CT molecular complexity index is 578. The third kappa shape index (κ3) is 2.57. The van der Waals surface area contributed by atoms with Crippen LogP contribution in [0.4, 0.5) is 5.69 Å². The highest BCUT2D eigenvalue weighted by atomic mass is 16.2. The van der Waals surface area contributed by atoms with E-state index in [9.17, 15) is 14.4 Å². The van der Waals surface area contributed by atoms with Gasteiger partial charge in [-0.15, -0.1) is 0 Å². The number of hydrogen-bond donors (Lipinski definition) is 3. The van der Waals surface area contributed by atoms with Gasteiger partial charge in [0.25, 0.3) is 5.91 Å². The summed E-state index contributed by atoms with van der Waals surface area (Å²) in [6.45, 7) is 3.06. The standard InChI is InChI=1S/C13H15N3O3/c1-13(2,12(14)19)16-11(18)8-4-3-7-6-10(17)15-9(7)5-8/h3-5H,6H2,1-2H3,(H2,14,19)(H,15,17)(H,16,18). The largest absolute Gasteiger partial charge is 0.368 e. The minimum Gasteiger partial charge on any atom is -0.368 e. The molecule has 2 rings (SSSR count). The molecule has 0 saturated heterocycles. The van der Waals surface area contributed by atoms with E-state index in [1.165, 1.54) is 13.8 Å². The van der Waals surface area contributed by atoms with E-state index in [2.05, 4.69) is 10.6 Å². The number of hydrogen-bond acceptors (Lipinski definition) is 3. The molecule has 1 aromatic rings. The molecule has 1 heterocycles. The van der Waals surface area contributed by atoms with Crippen molar-refractivity contribution < 1.29 is 14.4 Å². The summed E-state index contributed by atoms with van der Waals surface area (Å²) in [6, 6.07) is 4.93. The van der Waals surface area contributed by atoms with E-state index >= 15 is 0 Å². The number of carbonyl (C=O) groups is 3. The topological polar surface area (TPSA) is 101 Å². The summed E-state index contributed by atoms with van der Waals surface area (Å²) in [4.78, 5) is 34.4. The van der Waals surface area contributed by atoms with E-state index in [-0.39, 0.29) is 5.91 Å².